The fourth-order valence-corrected chi connectivity index (χ4v) is 2.24. The Kier molecular flexibility index (Phi) is 4.83. The molecule has 100 valence electrons. The first-order valence-corrected chi connectivity index (χ1v) is 6.71. The van der Waals surface area contributed by atoms with Crippen molar-refractivity contribution in [1.29, 1.82) is 0 Å². The highest BCUT2D eigenvalue weighted by molar-refractivity contribution is 6.32. The smallest absolute Gasteiger partial charge is 0.137 e. The molecule has 2 aromatic rings. The van der Waals surface area contributed by atoms with Gasteiger partial charge in [0.15, 0.2) is 0 Å². The van der Waals surface area contributed by atoms with Crippen LogP contribution in [0.1, 0.15) is 23.6 Å². The summed E-state index contributed by atoms with van der Waals surface area (Å²) in [5.74, 6) is 0.715. The largest absolute Gasteiger partial charge is 0.495 e. The molecule has 0 radical (unpaired) electrons. The van der Waals surface area contributed by atoms with Crippen LogP contribution in [0.15, 0.2) is 48.5 Å². The van der Waals surface area contributed by atoms with Gasteiger partial charge < -0.3 is 10.5 Å². The Labute approximate surface area is 119 Å². The number of aryl methyl sites for hydroxylation is 1. The fraction of sp³-hybridized carbons (Fsp3) is 0.250. The summed E-state index contributed by atoms with van der Waals surface area (Å²) in [7, 11) is 1.63. The Balaban J connectivity index is 1.99. The van der Waals surface area contributed by atoms with Gasteiger partial charge in [0.05, 0.1) is 12.1 Å². The molecule has 0 amide bonds. The van der Waals surface area contributed by atoms with Gasteiger partial charge in [-0.3, -0.25) is 0 Å². The molecule has 2 nitrogen and oxygen atoms in total. The van der Waals surface area contributed by atoms with E-state index in [9.17, 15) is 0 Å². The predicted molar refractivity (Wildman–Crippen MR) is 79.7 cm³/mol. The van der Waals surface area contributed by atoms with E-state index in [1.807, 2.05) is 36.4 Å². The average Bonchev–Trinajstić information content (AvgIpc) is 2.47. The molecular formula is C16H18ClNO. The topological polar surface area (TPSA) is 35.2 Å². The molecule has 2 rings (SSSR count). The number of nitrogens with two attached hydrogens (primary N) is 1. The van der Waals surface area contributed by atoms with Crippen molar-refractivity contribution in [2.75, 3.05) is 7.11 Å². The minimum Gasteiger partial charge on any atom is -0.495 e. The molecule has 0 spiro atoms. The third-order valence-corrected chi connectivity index (χ3v) is 3.50. The molecule has 2 aromatic carbocycles. The van der Waals surface area contributed by atoms with E-state index in [1.54, 1.807) is 7.11 Å². The maximum atomic E-state index is 6.19. The first-order chi connectivity index (χ1) is 9.20. The van der Waals surface area contributed by atoms with Crippen LogP contribution in [0, 0.1) is 0 Å². The zero-order chi connectivity index (χ0) is 13.7. The number of hydrogen-bond donors (Lipinski definition) is 1. The maximum absolute atomic E-state index is 6.19. The van der Waals surface area contributed by atoms with Crippen LogP contribution >= 0.6 is 11.6 Å². The number of methoxy groups -OCH3 is 1. The maximum Gasteiger partial charge on any atom is 0.137 e. The van der Waals surface area contributed by atoms with Crippen LogP contribution < -0.4 is 10.5 Å². The molecule has 0 heterocycles. The Morgan fingerprint density at radius 2 is 1.89 bits per heavy atom. The van der Waals surface area contributed by atoms with Crippen molar-refractivity contribution in [3.05, 3.63) is 64.7 Å². The number of halogens is 1. The highest BCUT2D eigenvalue weighted by Crippen LogP contribution is 2.26. The lowest BCUT2D eigenvalue weighted by Gasteiger charge is -2.12. The van der Waals surface area contributed by atoms with Crippen molar-refractivity contribution in [3.8, 4) is 5.75 Å². The van der Waals surface area contributed by atoms with Crippen molar-refractivity contribution in [1.82, 2.24) is 0 Å². The van der Waals surface area contributed by atoms with Gasteiger partial charge in [-0.2, -0.15) is 0 Å². The third kappa shape index (κ3) is 3.72. The highest BCUT2D eigenvalue weighted by atomic mass is 35.5. The molecule has 0 saturated heterocycles. The van der Waals surface area contributed by atoms with Gasteiger partial charge in [0.2, 0.25) is 0 Å². The molecule has 0 aliphatic rings. The zero-order valence-corrected chi connectivity index (χ0v) is 11.7. The van der Waals surface area contributed by atoms with E-state index in [2.05, 4.69) is 12.1 Å². The quantitative estimate of drug-likeness (QED) is 0.896. The van der Waals surface area contributed by atoms with Crippen LogP contribution in [-0.2, 0) is 6.42 Å². The SMILES string of the molecule is COc1cc(CCC(N)c2ccccc2)ccc1Cl. The van der Waals surface area contributed by atoms with Crippen LogP contribution in [0.25, 0.3) is 0 Å². The van der Waals surface area contributed by atoms with Gasteiger partial charge in [-0.1, -0.05) is 48.0 Å². The second-order valence-electron chi connectivity index (χ2n) is 4.52. The molecule has 2 N–H and O–H groups in total. The van der Waals surface area contributed by atoms with Crippen molar-refractivity contribution in [2.24, 2.45) is 5.73 Å². The van der Waals surface area contributed by atoms with Gasteiger partial charge >= 0.3 is 0 Å². The van der Waals surface area contributed by atoms with Gasteiger partial charge in [-0.25, -0.2) is 0 Å². The fourth-order valence-electron chi connectivity index (χ4n) is 2.05. The molecule has 3 heteroatoms. The van der Waals surface area contributed by atoms with Crippen LogP contribution in [-0.4, -0.2) is 7.11 Å². The molecule has 0 saturated carbocycles. The lowest BCUT2D eigenvalue weighted by Crippen LogP contribution is -2.11. The van der Waals surface area contributed by atoms with Crippen LogP contribution in [0.4, 0.5) is 0 Å². The summed E-state index contributed by atoms with van der Waals surface area (Å²) in [6, 6.07) is 16.1. The molecule has 0 aliphatic carbocycles. The van der Waals surface area contributed by atoms with Gasteiger partial charge in [-0.15, -0.1) is 0 Å². The monoisotopic (exact) mass is 275 g/mol. The number of hydrogen-bond acceptors (Lipinski definition) is 2. The van der Waals surface area contributed by atoms with Gasteiger partial charge in [0, 0.05) is 6.04 Å². The minimum absolute atomic E-state index is 0.0582. The zero-order valence-electron chi connectivity index (χ0n) is 11.0. The molecule has 19 heavy (non-hydrogen) atoms. The van der Waals surface area contributed by atoms with Crippen LogP contribution in [0.2, 0.25) is 5.02 Å². The number of benzene rings is 2. The summed E-state index contributed by atoms with van der Waals surface area (Å²) in [5.41, 5.74) is 8.54. The summed E-state index contributed by atoms with van der Waals surface area (Å²) in [6.07, 6.45) is 1.80. The van der Waals surface area contributed by atoms with E-state index in [1.165, 1.54) is 11.1 Å². The lowest BCUT2D eigenvalue weighted by atomic mass is 10.00. The molecule has 1 atom stereocenters. The normalized spacial score (nSPS) is 12.2. The van der Waals surface area contributed by atoms with Gasteiger partial charge in [0.25, 0.3) is 0 Å². The highest BCUT2D eigenvalue weighted by Gasteiger charge is 2.07. The third-order valence-electron chi connectivity index (χ3n) is 3.19. The summed E-state index contributed by atoms with van der Waals surface area (Å²) in [4.78, 5) is 0. The number of rotatable bonds is 5. The van der Waals surface area contributed by atoms with E-state index in [-0.39, 0.29) is 6.04 Å². The van der Waals surface area contributed by atoms with Crippen molar-refractivity contribution in [2.45, 2.75) is 18.9 Å². The molecule has 0 aromatic heterocycles. The second-order valence-corrected chi connectivity index (χ2v) is 4.93. The first kappa shape index (κ1) is 13.9. The molecule has 0 fully saturated rings. The predicted octanol–water partition coefficient (Wildman–Crippen LogP) is 3.98. The van der Waals surface area contributed by atoms with Crippen LogP contribution in [0.5, 0.6) is 5.75 Å². The van der Waals surface area contributed by atoms with E-state index in [0.717, 1.165) is 12.8 Å². The lowest BCUT2D eigenvalue weighted by molar-refractivity contribution is 0.414. The number of ether oxygens (including phenoxy) is 1. The summed E-state index contributed by atoms with van der Waals surface area (Å²) >= 11 is 6.01. The molecule has 0 aliphatic heterocycles. The first-order valence-electron chi connectivity index (χ1n) is 6.33. The molecule has 0 bridgehead atoms. The minimum atomic E-state index is 0.0582. The second kappa shape index (κ2) is 6.60. The van der Waals surface area contributed by atoms with Crippen LogP contribution in [0.3, 0.4) is 0 Å². The van der Waals surface area contributed by atoms with Gasteiger partial charge in [-0.05, 0) is 36.1 Å². The van der Waals surface area contributed by atoms with Crippen molar-refractivity contribution < 1.29 is 4.74 Å². The average molecular weight is 276 g/mol. The van der Waals surface area contributed by atoms with E-state index < -0.39 is 0 Å². The Hall–Kier alpha value is -1.51. The standard InChI is InChI=1S/C16H18ClNO/c1-19-16-11-12(7-9-14(16)17)8-10-15(18)13-5-3-2-4-6-13/h2-7,9,11,15H,8,10,18H2,1H3. The Morgan fingerprint density at radius 1 is 1.16 bits per heavy atom. The summed E-state index contributed by atoms with van der Waals surface area (Å²) in [6.45, 7) is 0. The van der Waals surface area contributed by atoms with Crippen molar-refractivity contribution in [3.63, 3.8) is 0 Å². The summed E-state index contributed by atoms with van der Waals surface area (Å²) < 4.78 is 5.21. The van der Waals surface area contributed by atoms with E-state index in [0.29, 0.717) is 10.8 Å². The summed E-state index contributed by atoms with van der Waals surface area (Å²) in [5, 5.41) is 0.638. The van der Waals surface area contributed by atoms with Gasteiger partial charge in [0.1, 0.15) is 5.75 Å². The van der Waals surface area contributed by atoms with Crippen molar-refractivity contribution >= 4 is 11.6 Å². The Bertz CT molecular complexity index is 528. The van der Waals surface area contributed by atoms with E-state index in [4.69, 9.17) is 22.1 Å². The Morgan fingerprint density at radius 3 is 2.58 bits per heavy atom. The molecular weight excluding hydrogens is 258 g/mol. The van der Waals surface area contributed by atoms with E-state index >= 15 is 0 Å². The molecule has 1 unspecified atom stereocenters.